The highest BCUT2D eigenvalue weighted by atomic mass is 32.2. The first-order valence-electron chi connectivity index (χ1n) is 10.4. The van der Waals surface area contributed by atoms with E-state index in [1.165, 1.54) is 6.07 Å². The lowest BCUT2D eigenvalue weighted by Gasteiger charge is -2.11. The fourth-order valence-corrected chi connectivity index (χ4v) is 6.19. The van der Waals surface area contributed by atoms with Crippen LogP contribution in [0.1, 0.15) is 30.1 Å². The van der Waals surface area contributed by atoms with Gasteiger partial charge in [0.1, 0.15) is 15.9 Å². The molecule has 0 aliphatic rings. The Morgan fingerprint density at radius 2 is 2.03 bits per heavy atom. The first-order valence-corrected chi connectivity index (χ1v) is 12.7. The van der Waals surface area contributed by atoms with Crippen molar-refractivity contribution in [3.63, 3.8) is 0 Å². The summed E-state index contributed by atoms with van der Waals surface area (Å²) in [7, 11) is -4.26. The summed E-state index contributed by atoms with van der Waals surface area (Å²) >= 11 is 1.02. The van der Waals surface area contributed by atoms with Crippen molar-refractivity contribution in [2.24, 2.45) is 5.92 Å². The topological polar surface area (TPSA) is 113 Å². The van der Waals surface area contributed by atoms with Crippen LogP contribution < -0.4 is 10.0 Å². The molecule has 3 rings (SSSR count). The van der Waals surface area contributed by atoms with Crippen molar-refractivity contribution in [1.82, 2.24) is 19.6 Å². The van der Waals surface area contributed by atoms with Gasteiger partial charge < -0.3 is 15.0 Å². The molecule has 11 heteroatoms. The number of nitrogens with one attached hydrogen (secondary N) is 2. The van der Waals surface area contributed by atoms with Crippen molar-refractivity contribution in [3.8, 4) is 11.1 Å². The summed E-state index contributed by atoms with van der Waals surface area (Å²) < 4.78 is 44.8. The molecule has 0 aliphatic heterocycles. The third-order valence-corrected chi connectivity index (χ3v) is 7.85. The molecule has 0 fully saturated rings. The second-order valence-electron chi connectivity index (χ2n) is 8.01. The molecule has 2 heterocycles. The zero-order valence-corrected chi connectivity index (χ0v) is 20.3. The van der Waals surface area contributed by atoms with Crippen LogP contribution in [0, 0.1) is 18.7 Å². The molecule has 0 unspecified atom stereocenters. The molecule has 178 valence electrons. The number of aliphatic hydroxyl groups excluding tert-OH is 1. The number of hydrogen-bond donors (Lipinski definition) is 3. The third-order valence-electron chi connectivity index (χ3n) is 4.83. The van der Waals surface area contributed by atoms with Crippen molar-refractivity contribution in [1.29, 1.82) is 0 Å². The second-order valence-corrected chi connectivity index (χ2v) is 11.0. The molecule has 0 radical (unpaired) electrons. The molecule has 0 saturated carbocycles. The van der Waals surface area contributed by atoms with E-state index in [-0.39, 0.29) is 34.4 Å². The van der Waals surface area contributed by atoms with E-state index in [0.717, 1.165) is 22.0 Å². The Hall–Kier alpha value is -2.76. The molecular formula is C22H27FN4O4S2. The molecule has 3 aromatic rings. The number of aryl methyl sites for hydroxylation is 1. The number of rotatable bonds is 9. The largest absolute Gasteiger partial charge is 0.395 e. The minimum absolute atomic E-state index is 0.0935. The van der Waals surface area contributed by atoms with Gasteiger partial charge in [0, 0.05) is 41.5 Å². The number of benzene rings is 1. The number of nitrogens with zero attached hydrogens (tertiary/aromatic N) is 2. The number of carbonyl (C=O) groups excluding carboxylic acids is 1. The number of halogens is 1. The lowest BCUT2D eigenvalue weighted by Crippen LogP contribution is -2.40. The standard InChI is InChI=1S/C22H27FN4O4S2/c1-14(2)10-17-12-19(21(32-17)33(30,31)26-22(29)25-7-9-28)18-5-4-16(11-20(18)23)13-27-8-6-24-15(27)3/h4-6,8,11-12,14,28H,7,9-10,13H2,1-3H3,(H2,25,26,29). The van der Waals surface area contributed by atoms with Gasteiger partial charge in [-0.3, -0.25) is 0 Å². The number of sulfonamides is 1. The summed E-state index contributed by atoms with van der Waals surface area (Å²) in [6, 6.07) is 5.40. The van der Waals surface area contributed by atoms with Crippen LogP contribution in [0.2, 0.25) is 0 Å². The first kappa shape index (κ1) is 24.9. The van der Waals surface area contributed by atoms with Gasteiger partial charge in [-0.2, -0.15) is 0 Å². The summed E-state index contributed by atoms with van der Waals surface area (Å²) in [6.45, 7) is 5.87. The van der Waals surface area contributed by atoms with Crippen molar-refractivity contribution in [2.75, 3.05) is 13.2 Å². The monoisotopic (exact) mass is 494 g/mol. The molecule has 0 aliphatic carbocycles. The molecule has 2 aromatic heterocycles. The molecule has 0 bridgehead atoms. The number of aromatic nitrogens is 2. The minimum atomic E-state index is -4.26. The van der Waals surface area contributed by atoms with E-state index in [2.05, 4.69) is 10.3 Å². The Morgan fingerprint density at radius 3 is 2.64 bits per heavy atom. The summed E-state index contributed by atoms with van der Waals surface area (Å²) in [5, 5.41) is 11.1. The fourth-order valence-electron chi connectivity index (χ4n) is 3.33. The highest BCUT2D eigenvalue weighted by molar-refractivity contribution is 7.92. The van der Waals surface area contributed by atoms with Crippen molar-refractivity contribution >= 4 is 27.4 Å². The van der Waals surface area contributed by atoms with E-state index in [1.54, 1.807) is 30.6 Å². The Labute approximate surface area is 196 Å². The number of thiophene rings is 1. The van der Waals surface area contributed by atoms with Crippen LogP contribution in [-0.2, 0) is 23.0 Å². The Bertz CT molecular complexity index is 1240. The maximum atomic E-state index is 15.2. The zero-order valence-electron chi connectivity index (χ0n) is 18.6. The second kappa shape index (κ2) is 10.4. The van der Waals surface area contributed by atoms with Crippen LogP contribution in [0.25, 0.3) is 11.1 Å². The van der Waals surface area contributed by atoms with Crippen LogP contribution in [0.4, 0.5) is 9.18 Å². The van der Waals surface area contributed by atoms with E-state index in [1.807, 2.05) is 30.1 Å². The number of aliphatic hydroxyl groups is 1. The minimum Gasteiger partial charge on any atom is -0.395 e. The summed E-state index contributed by atoms with van der Waals surface area (Å²) in [6.07, 6.45) is 4.09. The molecule has 33 heavy (non-hydrogen) atoms. The average Bonchev–Trinajstić information content (AvgIpc) is 3.32. The lowest BCUT2D eigenvalue weighted by atomic mass is 10.0. The van der Waals surface area contributed by atoms with Gasteiger partial charge in [-0.25, -0.2) is 27.3 Å². The molecule has 3 N–H and O–H groups in total. The van der Waals surface area contributed by atoms with E-state index in [0.29, 0.717) is 18.5 Å². The Kier molecular flexibility index (Phi) is 7.88. The first-order chi connectivity index (χ1) is 15.6. The Balaban J connectivity index is 1.98. The Morgan fingerprint density at radius 1 is 1.27 bits per heavy atom. The summed E-state index contributed by atoms with van der Waals surface area (Å²) in [4.78, 5) is 16.9. The molecule has 0 saturated heterocycles. The maximum Gasteiger partial charge on any atom is 0.328 e. The van der Waals surface area contributed by atoms with Gasteiger partial charge in [-0.15, -0.1) is 11.3 Å². The highest BCUT2D eigenvalue weighted by Gasteiger charge is 2.27. The molecular weight excluding hydrogens is 467 g/mol. The van der Waals surface area contributed by atoms with Crippen LogP contribution in [-0.4, -0.2) is 42.3 Å². The van der Waals surface area contributed by atoms with Crippen LogP contribution in [0.15, 0.2) is 40.9 Å². The van der Waals surface area contributed by atoms with Gasteiger partial charge >= 0.3 is 6.03 Å². The van der Waals surface area contributed by atoms with Crippen molar-refractivity contribution in [2.45, 2.75) is 37.9 Å². The zero-order chi connectivity index (χ0) is 24.2. The maximum absolute atomic E-state index is 15.2. The predicted molar refractivity (Wildman–Crippen MR) is 125 cm³/mol. The van der Waals surface area contributed by atoms with Crippen LogP contribution in [0.5, 0.6) is 0 Å². The summed E-state index contributed by atoms with van der Waals surface area (Å²) in [5.74, 6) is 0.508. The highest BCUT2D eigenvalue weighted by Crippen LogP contribution is 2.37. The average molecular weight is 495 g/mol. The van der Waals surface area contributed by atoms with Crippen molar-refractivity contribution in [3.05, 3.63) is 58.7 Å². The number of hydrogen-bond acceptors (Lipinski definition) is 6. The number of carbonyl (C=O) groups is 1. The lowest BCUT2D eigenvalue weighted by molar-refractivity contribution is 0.239. The van der Waals surface area contributed by atoms with Gasteiger partial charge in [0.25, 0.3) is 10.0 Å². The fraction of sp³-hybridized carbons (Fsp3) is 0.364. The molecule has 2 amide bonds. The molecule has 8 nitrogen and oxygen atoms in total. The van der Waals surface area contributed by atoms with E-state index in [9.17, 15) is 13.2 Å². The smallest absolute Gasteiger partial charge is 0.328 e. The SMILES string of the molecule is Cc1nccn1Cc1ccc(-c2cc(CC(C)C)sc2S(=O)(=O)NC(=O)NCCO)c(F)c1. The van der Waals surface area contributed by atoms with Gasteiger partial charge in [-0.05, 0) is 37.0 Å². The van der Waals surface area contributed by atoms with Gasteiger partial charge in [0.2, 0.25) is 0 Å². The predicted octanol–water partition coefficient (Wildman–Crippen LogP) is 3.29. The molecule has 0 spiro atoms. The third kappa shape index (κ3) is 6.18. The van der Waals surface area contributed by atoms with E-state index >= 15 is 4.39 Å². The van der Waals surface area contributed by atoms with Gasteiger partial charge in [0.05, 0.1) is 6.61 Å². The quantitative estimate of drug-likeness (QED) is 0.423. The molecule has 1 aromatic carbocycles. The van der Waals surface area contributed by atoms with Gasteiger partial charge in [0.15, 0.2) is 0 Å². The summed E-state index contributed by atoms with van der Waals surface area (Å²) in [5.41, 5.74) is 1.06. The normalized spacial score (nSPS) is 11.7. The number of urea groups is 1. The van der Waals surface area contributed by atoms with Crippen LogP contribution >= 0.6 is 11.3 Å². The number of imidazole rings is 1. The number of amides is 2. The van der Waals surface area contributed by atoms with Crippen molar-refractivity contribution < 1.29 is 22.7 Å². The van der Waals surface area contributed by atoms with E-state index in [4.69, 9.17) is 5.11 Å². The van der Waals surface area contributed by atoms with Gasteiger partial charge in [-0.1, -0.05) is 26.0 Å². The van der Waals surface area contributed by atoms with Crippen LogP contribution in [0.3, 0.4) is 0 Å². The molecule has 0 atom stereocenters. The van der Waals surface area contributed by atoms with E-state index < -0.39 is 21.9 Å².